The summed E-state index contributed by atoms with van der Waals surface area (Å²) in [4.78, 5) is 11.0. The number of fused-ring (bicyclic) bond motifs is 1. The Morgan fingerprint density at radius 2 is 2.00 bits per heavy atom. The highest BCUT2D eigenvalue weighted by Gasteiger charge is 2.18. The van der Waals surface area contributed by atoms with Crippen LogP contribution in [0.1, 0.15) is 17.5 Å². The summed E-state index contributed by atoms with van der Waals surface area (Å²) >= 11 is 0. The van der Waals surface area contributed by atoms with Gasteiger partial charge in [0.25, 0.3) is 0 Å². The van der Waals surface area contributed by atoms with E-state index in [1.165, 1.54) is 6.07 Å². The lowest BCUT2D eigenvalue weighted by atomic mass is 9.90. The number of Topliss-reactive ketones (excluding diaryl/α,β-unsaturated/α-hetero) is 1. The molecule has 61 valence electrons. The zero-order chi connectivity index (χ0) is 8.55. The van der Waals surface area contributed by atoms with Crippen LogP contribution in [0, 0.1) is 0 Å². The zero-order valence-electron chi connectivity index (χ0n) is 6.67. The Morgan fingerprint density at radius 3 is 2.83 bits per heavy atom. The van der Waals surface area contributed by atoms with Crippen molar-refractivity contribution in [3.63, 3.8) is 0 Å². The van der Waals surface area contributed by atoms with Crippen LogP contribution >= 0.6 is 0 Å². The highest BCUT2D eigenvalue weighted by molar-refractivity contribution is 5.84. The molecule has 0 spiro atoms. The number of hydrogen-bond donors (Lipinski definition) is 0. The molecule has 1 aromatic carbocycles. The Kier molecular flexibility index (Phi) is 1.61. The van der Waals surface area contributed by atoms with Crippen LogP contribution in [0.25, 0.3) is 0 Å². The van der Waals surface area contributed by atoms with Crippen LogP contribution in [-0.2, 0) is 22.7 Å². The van der Waals surface area contributed by atoms with Crippen molar-refractivity contribution < 1.29 is 9.90 Å². The van der Waals surface area contributed by atoms with Crippen molar-refractivity contribution in [2.45, 2.75) is 19.3 Å². The topological polar surface area (TPSA) is 37.0 Å². The molecule has 0 aromatic heterocycles. The van der Waals surface area contributed by atoms with Gasteiger partial charge in [-0.25, -0.2) is 0 Å². The van der Waals surface area contributed by atoms with E-state index in [1.807, 2.05) is 6.07 Å². The molecular formula is C10H9O2. The van der Waals surface area contributed by atoms with Crippen molar-refractivity contribution in [1.82, 2.24) is 0 Å². The van der Waals surface area contributed by atoms with Crippen molar-refractivity contribution in [2.75, 3.05) is 0 Å². The van der Waals surface area contributed by atoms with Crippen molar-refractivity contribution >= 4 is 5.78 Å². The first-order valence-electron chi connectivity index (χ1n) is 4.07. The molecule has 0 aliphatic heterocycles. The fourth-order valence-corrected chi connectivity index (χ4v) is 1.61. The number of rotatable bonds is 0. The van der Waals surface area contributed by atoms with Crippen LogP contribution in [-0.4, -0.2) is 5.78 Å². The molecule has 0 bridgehead atoms. The first kappa shape index (κ1) is 7.35. The Bertz CT molecular complexity index is 329. The van der Waals surface area contributed by atoms with Gasteiger partial charge < -0.3 is 0 Å². The predicted octanol–water partition coefficient (Wildman–Crippen LogP) is 1.89. The number of benzene rings is 1. The molecule has 0 N–H and O–H groups in total. The first-order valence-corrected chi connectivity index (χ1v) is 4.07. The lowest BCUT2D eigenvalue weighted by molar-refractivity contribution is -0.118. The standard InChI is InChI=1S/C10H9O2/c11-8-5-4-7-2-1-3-10(12)9(7)6-8/h1-3H,4-6H2. The van der Waals surface area contributed by atoms with E-state index in [-0.39, 0.29) is 11.5 Å². The normalized spacial score (nSPS) is 15.8. The van der Waals surface area contributed by atoms with Crippen molar-refractivity contribution in [3.05, 3.63) is 29.3 Å². The third kappa shape index (κ3) is 1.09. The van der Waals surface area contributed by atoms with Gasteiger partial charge in [-0.3, -0.25) is 9.90 Å². The molecule has 12 heavy (non-hydrogen) atoms. The quantitative estimate of drug-likeness (QED) is 0.572. The third-order valence-electron chi connectivity index (χ3n) is 2.28. The van der Waals surface area contributed by atoms with Gasteiger partial charge >= 0.3 is 0 Å². The average Bonchev–Trinajstić information content (AvgIpc) is 2.07. The van der Waals surface area contributed by atoms with E-state index >= 15 is 0 Å². The molecule has 1 aromatic rings. The second kappa shape index (κ2) is 2.63. The molecule has 0 amide bonds. The maximum Gasteiger partial charge on any atom is 0.182 e. The SMILES string of the molecule is [O]c1cccc2c1CC(=O)CC2. The molecule has 1 aliphatic carbocycles. The Morgan fingerprint density at radius 1 is 1.17 bits per heavy atom. The van der Waals surface area contributed by atoms with Gasteiger partial charge in [-0.1, -0.05) is 12.1 Å². The van der Waals surface area contributed by atoms with Gasteiger partial charge in [0.1, 0.15) is 5.78 Å². The summed E-state index contributed by atoms with van der Waals surface area (Å²) in [5.74, 6) is 0.200. The summed E-state index contributed by atoms with van der Waals surface area (Å²) in [5.41, 5.74) is 1.77. The van der Waals surface area contributed by atoms with E-state index < -0.39 is 0 Å². The largest absolute Gasteiger partial charge is 0.299 e. The maximum atomic E-state index is 11.3. The van der Waals surface area contributed by atoms with Gasteiger partial charge in [0.15, 0.2) is 5.75 Å². The van der Waals surface area contributed by atoms with Crippen molar-refractivity contribution in [3.8, 4) is 5.75 Å². The molecule has 2 nitrogen and oxygen atoms in total. The summed E-state index contributed by atoms with van der Waals surface area (Å²) in [7, 11) is 0. The van der Waals surface area contributed by atoms with Gasteiger partial charge in [-0.2, -0.15) is 0 Å². The molecule has 0 atom stereocenters. The molecule has 0 saturated heterocycles. The van der Waals surface area contributed by atoms with Gasteiger partial charge in [0.2, 0.25) is 0 Å². The molecule has 0 saturated carbocycles. The highest BCUT2D eigenvalue weighted by Crippen LogP contribution is 2.27. The van der Waals surface area contributed by atoms with E-state index in [1.54, 1.807) is 6.07 Å². The second-order valence-electron chi connectivity index (χ2n) is 3.11. The van der Waals surface area contributed by atoms with E-state index in [0.717, 1.165) is 12.0 Å². The highest BCUT2D eigenvalue weighted by atomic mass is 16.3. The van der Waals surface area contributed by atoms with Crippen LogP contribution in [0.5, 0.6) is 5.75 Å². The Hall–Kier alpha value is -1.31. The smallest absolute Gasteiger partial charge is 0.182 e. The summed E-state index contributed by atoms with van der Waals surface area (Å²) in [6, 6.07) is 5.22. The van der Waals surface area contributed by atoms with Crippen LogP contribution < -0.4 is 0 Å². The van der Waals surface area contributed by atoms with Crippen LogP contribution in [0.15, 0.2) is 18.2 Å². The first-order chi connectivity index (χ1) is 5.77. The summed E-state index contributed by atoms with van der Waals surface area (Å²) in [6.07, 6.45) is 1.68. The number of carbonyl (C=O) groups is 1. The van der Waals surface area contributed by atoms with Crippen LogP contribution in [0.2, 0.25) is 0 Å². The fourth-order valence-electron chi connectivity index (χ4n) is 1.61. The minimum absolute atomic E-state index is 0.0144. The van der Waals surface area contributed by atoms with Gasteiger partial charge in [-0.15, -0.1) is 0 Å². The maximum absolute atomic E-state index is 11.3. The Labute approximate surface area is 70.8 Å². The predicted molar refractivity (Wildman–Crippen MR) is 43.6 cm³/mol. The summed E-state index contributed by atoms with van der Waals surface area (Å²) < 4.78 is 0. The lowest BCUT2D eigenvalue weighted by Gasteiger charge is -2.13. The minimum Gasteiger partial charge on any atom is -0.299 e. The lowest BCUT2D eigenvalue weighted by Crippen LogP contribution is -2.12. The minimum atomic E-state index is 0.0144. The fraction of sp³-hybridized carbons (Fsp3) is 0.300. The molecule has 0 unspecified atom stereocenters. The Balaban J connectivity index is 2.50. The van der Waals surface area contributed by atoms with Crippen molar-refractivity contribution in [1.29, 1.82) is 0 Å². The molecule has 0 fully saturated rings. The van der Waals surface area contributed by atoms with E-state index in [2.05, 4.69) is 0 Å². The van der Waals surface area contributed by atoms with Gasteiger partial charge in [0, 0.05) is 18.4 Å². The van der Waals surface area contributed by atoms with Gasteiger partial charge in [0.05, 0.1) is 0 Å². The molecular weight excluding hydrogens is 152 g/mol. The molecule has 2 heteroatoms. The summed E-state index contributed by atoms with van der Waals surface area (Å²) in [5, 5.41) is 11.3. The zero-order valence-corrected chi connectivity index (χ0v) is 6.67. The molecule has 2 rings (SSSR count). The number of ketones is 1. The van der Waals surface area contributed by atoms with E-state index in [4.69, 9.17) is 0 Å². The summed E-state index contributed by atoms with van der Waals surface area (Å²) in [6.45, 7) is 0. The van der Waals surface area contributed by atoms with Gasteiger partial charge in [-0.05, 0) is 18.1 Å². The number of aryl methyl sites for hydroxylation is 1. The number of hydrogen-bond acceptors (Lipinski definition) is 1. The van der Waals surface area contributed by atoms with E-state index in [0.29, 0.717) is 18.4 Å². The van der Waals surface area contributed by atoms with Crippen molar-refractivity contribution in [2.24, 2.45) is 0 Å². The van der Waals surface area contributed by atoms with Crippen LogP contribution in [0.4, 0.5) is 0 Å². The van der Waals surface area contributed by atoms with Crippen LogP contribution in [0.3, 0.4) is 0 Å². The van der Waals surface area contributed by atoms with E-state index in [9.17, 15) is 9.90 Å². The molecule has 1 aliphatic rings. The number of carbonyl (C=O) groups excluding carboxylic acids is 1. The second-order valence-corrected chi connectivity index (χ2v) is 3.11. The average molecular weight is 161 g/mol. The third-order valence-corrected chi connectivity index (χ3v) is 2.28. The monoisotopic (exact) mass is 161 g/mol. The molecule has 0 heterocycles. The molecule has 1 radical (unpaired) electrons.